The van der Waals surface area contributed by atoms with Crippen molar-refractivity contribution in [2.75, 3.05) is 13.1 Å². The molecule has 0 aromatic rings. The van der Waals surface area contributed by atoms with Gasteiger partial charge in [0, 0.05) is 0 Å². The summed E-state index contributed by atoms with van der Waals surface area (Å²) in [6.45, 7) is 2.59. The Balaban J connectivity index is 1.92. The second-order valence-electron chi connectivity index (χ2n) is 3.09. The zero-order valence-electron chi connectivity index (χ0n) is 5.19. The lowest BCUT2D eigenvalue weighted by Crippen LogP contribution is -2.42. The Kier molecular flexibility index (Phi) is 1.04. The van der Waals surface area contributed by atoms with Crippen LogP contribution in [0, 0.1) is 11.8 Å². The van der Waals surface area contributed by atoms with E-state index in [9.17, 15) is 0 Å². The highest BCUT2D eigenvalue weighted by Crippen LogP contribution is 2.37. The maximum absolute atomic E-state index is 3.42. The summed E-state index contributed by atoms with van der Waals surface area (Å²) in [6, 6.07) is 0. The third-order valence-electron chi connectivity index (χ3n) is 2.67. The highest BCUT2D eigenvalue weighted by molar-refractivity contribution is 4.85. The van der Waals surface area contributed by atoms with Crippen LogP contribution in [0.15, 0.2) is 0 Å². The summed E-state index contributed by atoms with van der Waals surface area (Å²) in [6.07, 6.45) is 4.47. The fourth-order valence-corrected chi connectivity index (χ4v) is 1.86. The highest BCUT2D eigenvalue weighted by Gasteiger charge is 2.31. The van der Waals surface area contributed by atoms with E-state index in [4.69, 9.17) is 0 Å². The van der Waals surface area contributed by atoms with Crippen LogP contribution in [0.5, 0.6) is 0 Å². The summed E-state index contributed by atoms with van der Waals surface area (Å²) < 4.78 is 0. The lowest BCUT2D eigenvalue weighted by atomic mass is 9.70. The molecule has 1 heteroatoms. The van der Waals surface area contributed by atoms with E-state index in [-0.39, 0.29) is 0 Å². The van der Waals surface area contributed by atoms with Crippen molar-refractivity contribution < 1.29 is 0 Å². The molecular formula is C7H13N. The summed E-state index contributed by atoms with van der Waals surface area (Å²) in [5, 5.41) is 3.42. The van der Waals surface area contributed by atoms with Crippen LogP contribution in [0.2, 0.25) is 0 Å². The first-order valence-electron chi connectivity index (χ1n) is 3.67. The van der Waals surface area contributed by atoms with Crippen LogP contribution in [0.4, 0.5) is 0 Å². The number of fused-ring (bicyclic) bond motifs is 1. The van der Waals surface area contributed by atoms with Gasteiger partial charge in [0.05, 0.1) is 0 Å². The van der Waals surface area contributed by atoms with Gasteiger partial charge in [-0.05, 0) is 44.2 Å². The maximum atomic E-state index is 3.42. The monoisotopic (exact) mass is 111 g/mol. The Bertz CT molecular complexity index is 78.4. The molecule has 0 spiro atoms. The van der Waals surface area contributed by atoms with Gasteiger partial charge in [-0.2, -0.15) is 0 Å². The smallest absolute Gasteiger partial charge is 0.00179 e. The number of hydrogen-bond donors (Lipinski definition) is 1. The van der Waals surface area contributed by atoms with Crippen LogP contribution < -0.4 is 5.32 Å². The van der Waals surface area contributed by atoms with Crippen LogP contribution in [0.25, 0.3) is 0 Å². The molecule has 1 nitrogen and oxygen atoms in total. The quantitative estimate of drug-likeness (QED) is 0.492. The standard InChI is InChI=1S/C7H13N/c1-2-7-5-8-4-3-6(1)7/h6-8H,1-5H2/t6-,7+/m0/s1. The molecule has 8 heavy (non-hydrogen) atoms. The van der Waals surface area contributed by atoms with Crippen molar-refractivity contribution in [3.8, 4) is 0 Å². The number of rotatable bonds is 0. The first-order valence-corrected chi connectivity index (χ1v) is 3.67. The second-order valence-corrected chi connectivity index (χ2v) is 3.09. The zero-order chi connectivity index (χ0) is 5.40. The van der Waals surface area contributed by atoms with Crippen molar-refractivity contribution in [1.29, 1.82) is 0 Å². The summed E-state index contributed by atoms with van der Waals surface area (Å²) in [5.41, 5.74) is 0. The lowest BCUT2D eigenvalue weighted by Gasteiger charge is -2.40. The van der Waals surface area contributed by atoms with Crippen LogP contribution in [-0.4, -0.2) is 13.1 Å². The molecule has 2 fully saturated rings. The maximum Gasteiger partial charge on any atom is -0.00179 e. The molecule has 1 N–H and O–H groups in total. The molecule has 0 aromatic heterocycles. The molecule has 0 radical (unpaired) electrons. The number of nitrogens with one attached hydrogen (secondary N) is 1. The van der Waals surface area contributed by atoms with Gasteiger partial charge in [0.25, 0.3) is 0 Å². The van der Waals surface area contributed by atoms with E-state index in [0.717, 1.165) is 11.8 Å². The molecule has 0 unspecified atom stereocenters. The molecule has 1 saturated carbocycles. The van der Waals surface area contributed by atoms with Crippen LogP contribution in [-0.2, 0) is 0 Å². The van der Waals surface area contributed by atoms with Crippen LogP contribution >= 0.6 is 0 Å². The van der Waals surface area contributed by atoms with Gasteiger partial charge in [-0.1, -0.05) is 0 Å². The van der Waals surface area contributed by atoms with Gasteiger partial charge in [0.1, 0.15) is 0 Å². The van der Waals surface area contributed by atoms with Crippen LogP contribution in [0.3, 0.4) is 0 Å². The van der Waals surface area contributed by atoms with E-state index in [1.165, 1.54) is 32.4 Å². The van der Waals surface area contributed by atoms with Gasteiger partial charge in [-0.25, -0.2) is 0 Å². The van der Waals surface area contributed by atoms with Gasteiger partial charge >= 0.3 is 0 Å². The van der Waals surface area contributed by atoms with Gasteiger partial charge < -0.3 is 5.32 Å². The molecule has 0 aromatic carbocycles. The highest BCUT2D eigenvalue weighted by atomic mass is 14.9. The zero-order valence-corrected chi connectivity index (χ0v) is 5.19. The molecule has 1 heterocycles. The Labute approximate surface area is 50.5 Å². The van der Waals surface area contributed by atoms with Gasteiger partial charge in [0.2, 0.25) is 0 Å². The predicted molar refractivity (Wildman–Crippen MR) is 33.7 cm³/mol. The average Bonchev–Trinajstić information content (AvgIpc) is 1.72. The molecule has 46 valence electrons. The summed E-state index contributed by atoms with van der Waals surface area (Å²) in [5.74, 6) is 2.19. The fraction of sp³-hybridized carbons (Fsp3) is 1.00. The molecule has 0 bridgehead atoms. The van der Waals surface area contributed by atoms with E-state index < -0.39 is 0 Å². The van der Waals surface area contributed by atoms with E-state index in [0.29, 0.717) is 0 Å². The molecule has 1 aliphatic heterocycles. The summed E-state index contributed by atoms with van der Waals surface area (Å²) >= 11 is 0. The number of hydrogen-bond acceptors (Lipinski definition) is 1. The van der Waals surface area contributed by atoms with Gasteiger partial charge in [-0.3, -0.25) is 0 Å². The third kappa shape index (κ3) is 0.576. The van der Waals surface area contributed by atoms with Crippen molar-refractivity contribution in [3.05, 3.63) is 0 Å². The number of piperidine rings is 1. The summed E-state index contributed by atoms with van der Waals surface area (Å²) in [7, 11) is 0. The second kappa shape index (κ2) is 1.73. The van der Waals surface area contributed by atoms with E-state index in [1.807, 2.05) is 0 Å². The average molecular weight is 111 g/mol. The molecular weight excluding hydrogens is 98.1 g/mol. The minimum Gasteiger partial charge on any atom is -0.316 e. The Morgan fingerprint density at radius 3 is 2.25 bits per heavy atom. The van der Waals surface area contributed by atoms with Crippen molar-refractivity contribution >= 4 is 0 Å². The van der Waals surface area contributed by atoms with Gasteiger partial charge in [-0.15, -0.1) is 0 Å². The van der Waals surface area contributed by atoms with E-state index in [2.05, 4.69) is 5.32 Å². The van der Waals surface area contributed by atoms with Crippen molar-refractivity contribution in [3.63, 3.8) is 0 Å². The summed E-state index contributed by atoms with van der Waals surface area (Å²) in [4.78, 5) is 0. The third-order valence-corrected chi connectivity index (χ3v) is 2.67. The molecule has 2 rings (SSSR count). The molecule has 2 atom stereocenters. The van der Waals surface area contributed by atoms with Crippen molar-refractivity contribution in [1.82, 2.24) is 5.32 Å². The topological polar surface area (TPSA) is 12.0 Å². The predicted octanol–water partition coefficient (Wildman–Crippen LogP) is 1.01. The van der Waals surface area contributed by atoms with Crippen LogP contribution in [0.1, 0.15) is 19.3 Å². The first kappa shape index (κ1) is 4.80. The normalized spacial score (nSPS) is 45.0. The molecule has 0 amide bonds. The Morgan fingerprint density at radius 1 is 1.00 bits per heavy atom. The van der Waals surface area contributed by atoms with E-state index >= 15 is 0 Å². The van der Waals surface area contributed by atoms with Gasteiger partial charge in [0.15, 0.2) is 0 Å². The molecule has 1 saturated heterocycles. The van der Waals surface area contributed by atoms with E-state index in [1.54, 1.807) is 0 Å². The Hall–Kier alpha value is -0.0400. The van der Waals surface area contributed by atoms with Crippen molar-refractivity contribution in [2.45, 2.75) is 19.3 Å². The molecule has 2 aliphatic rings. The van der Waals surface area contributed by atoms with Crippen molar-refractivity contribution in [2.24, 2.45) is 11.8 Å². The molecule has 1 aliphatic carbocycles. The SMILES string of the molecule is C1C[C@@H]2CC[C@@H]2CN1. The Morgan fingerprint density at radius 2 is 1.88 bits per heavy atom. The fourth-order valence-electron chi connectivity index (χ4n) is 1.86. The first-order chi connectivity index (χ1) is 3.97. The lowest BCUT2D eigenvalue weighted by molar-refractivity contribution is 0.130. The minimum absolute atomic E-state index is 1.07. The largest absolute Gasteiger partial charge is 0.316 e. The minimum atomic E-state index is 1.07.